The summed E-state index contributed by atoms with van der Waals surface area (Å²) in [7, 11) is 0. The number of tetrazole rings is 1. The zero-order valence-corrected chi connectivity index (χ0v) is 10.8. The molecule has 0 spiro atoms. The molecule has 0 radical (unpaired) electrons. The third kappa shape index (κ3) is 2.25. The first-order valence-electron chi connectivity index (χ1n) is 5.11. The molecule has 0 unspecified atom stereocenters. The van der Waals surface area contributed by atoms with Crippen LogP contribution in [0.3, 0.4) is 0 Å². The SMILES string of the molecule is Nc1cc(Cl)c(Cl)cc1Oc1ccc2nnnn2n1. The molecule has 0 aliphatic carbocycles. The van der Waals surface area contributed by atoms with Crippen LogP contribution in [-0.4, -0.2) is 25.3 Å². The number of aromatic nitrogens is 5. The molecule has 2 aromatic heterocycles. The molecular weight excluding hydrogens is 291 g/mol. The van der Waals surface area contributed by atoms with Crippen LogP contribution < -0.4 is 10.5 Å². The Bertz CT molecular complexity index is 759. The van der Waals surface area contributed by atoms with Crippen LogP contribution in [0.25, 0.3) is 5.65 Å². The Balaban J connectivity index is 1.98. The Hall–Kier alpha value is -2.12. The molecule has 96 valence electrons. The van der Waals surface area contributed by atoms with Gasteiger partial charge in [0.05, 0.1) is 15.7 Å². The largest absolute Gasteiger partial charge is 0.435 e. The van der Waals surface area contributed by atoms with E-state index >= 15 is 0 Å². The first-order chi connectivity index (χ1) is 9.13. The lowest BCUT2D eigenvalue weighted by Gasteiger charge is -2.08. The minimum absolute atomic E-state index is 0.282. The minimum Gasteiger partial charge on any atom is -0.435 e. The Morgan fingerprint density at radius 1 is 1.16 bits per heavy atom. The third-order valence-corrected chi connectivity index (χ3v) is 3.03. The highest BCUT2D eigenvalue weighted by Crippen LogP contribution is 2.34. The highest BCUT2D eigenvalue weighted by atomic mass is 35.5. The minimum atomic E-state index is 0.282. The molecule has 3 rings (SSSR count). The Labute approximate surface area is 116 Å². The molecule has 2 heterocycles. The van der Waals surface area contributed by atoms with Gasteiger partial charge in [-0.15, -0.1) is 14.8 Å². The molecule has 0 aliphatic rings. The van der Waals surface area contributed by atoms with Crippen LogP contribution >= 0.6 is 23.2 Å². The monoisotopic (exact) mass is 296 g/mol. The van der Waals surface area contributed by atoms with Crippen molar-refractivity contribution < 1.29 is 4.74 Å². The smallest absolute Gasteiger partial charge is 0.239 e. The zero-order chi connectivity index (χ0) is 13.4. The second-order valence-corrected chi connectivity index (χ2v) is 4.42. The van der Waals surface area contributed by atoms with Crippen molar-refractivity contribution in [3.63, 3.8) is 0 Å². The van der Waals surface area contributed by atoms with Gasteiger partial charge in [-0.05, 0) is 22.6 Å². The molecular formula is C10H6Cl2N6O. The van der Waals surface area contributed by atoms with Crippen molar-refractivity contribution in [2.45, 2.75) is 0 Å². The predicted octanol–water partition coefficient (Wildman–Crippen LogP) is 2.20. The van der Waals surface area contributed by atoms with Gasteiger partial charge in [-0.3, -0.25) is 0 Å². The van der Waals surface area contributed by atoms with Crippen LogP contribution in [0.15, 0.2) is 24.3 Å². The second kappa shape index (κ2) is 4.52. The maximum Gasteiger partial charge on any atom is 0.239 e. The Morgan fingerprint density at radius 2 is 1.95 bits per heavy atom. The average Bonchev–Trinajstić information content (AvgIpc) is 2.83. The van der Waals surface area contributed by atoms with Crippen molar-refractivity contribution in [3.05, 3.63) is 34.3 Å². The first-order valence-corrected chi connectivity index (χ1v) is 5.87. The lowest BCUT2D eigenvalue weighted by Crippen LogP contribution is -1.99. The van der Waals surface area contributed by atoms with E-state index in [2.05, 4.69) is 20.6 Å². The van der Waals surface area contributed by atoms with Gasteiger partial charge in [-0.25, -0.2) is 0 Å². The van der Waals surface area contributed by atoms with E-state index in [1.54, 1.807) is 12.1 Å². The number of nitrogens with two attached hydrogens (primary N) is 1. The number of anilines is 1. The number of rotatable bonds is 2. The molecule has 0 aliphatic heterocycles. The molecule has 3 aromatic rings. The number of halogens is 2. The number of nitrogen functional groups attached to an aromatic ring is 1. The van der Waals surface area contributed by atoms with E-state index in [0.29, 0.717) is 27.1 Å². The van der Waals surface area contributed by atoms with Gasteiger partial charge in [0.2, 0.25) is 5.88 Å². The fourth-order valence-electron chi connectivity index (χ4n) is 1.43. The third-order valence-electron chi connectivity index (χ3n) is 2.31. The maximum absolute atomic E-state index is 5.90. The Kier molecular flexibility index (Phi) is 2.84. The van der Waals surface area contributed by atoms with Crippen molar-refractivity contribution in [2.24, 2.45) is 0 Å². The first kappa shape index (κ1) is 11.9. The molecule has 0 fully saturated rings. The molecule has 2 N–H and O–H groups in total. The molecule has 0 saturated heterocycles. The molecule has 7 nitrogen and oxygen atoms in total. The van der Waals surface area contributed by atoms with Gasteiger partial charge in [0, 0.05) is 12.1 Å². The summed E-state index contributed by atoms with van der Waals surface area (Å²) >= 11 is 11.7. The number of hydrogen-bond donors (Lipinski definition) is 1. The maximum atomic E-state index is 5.90. The van der Waals surface area contributed by atoms with Gasteiger partial charge in [-0.1, -0.05) is 23.2 Å². The normalized spacial score (nSPS) is 10.8. The van der Waals surface area contributed by atoms with Gasteiger partial charge >= 0.3 is 0 Å². The second-order valence-electron chi connectivity index (χ2n) is 3.60. The van der Waals surface area contributed by atoms with Gasteiger partial charge in [0.1, 0.15) is 0 Å². The summed E-state index contributed by atoms with van der Waals surface area (Å²) in [6.45, 7) is 0. The molecule has 0 bridgehead atoms. The molecule has 9 heteroatoms. The van der Waals surface area contributed by atoms with Crippen LogP contribution in [0.2, 0.25) is 10.0 Å². The van der Waals surface area contributed by atoms with E-state index in [1.807, 2.05) is 0 Å². The summed E-state index contributed by atoms with van der Waals surface area (Å²) < 4.78 is 6.77. The number of nitrogens with zero attached hydrogens (tertiary/aromatic N) is 5. The van der Waals surface area contributed by atoms with Crippen molar-refractivity contribution in [1.82, 2.24) is 25.3 Å². The summed E-state index contributed by atoms with van der Waals surface area (Å²) in [6.07, 6.45) is 0. The van der Waals surface area contributed by atoms with Crippen LogP contribution in [0.1, 0.15) is 0 Å². The van der Waals surface area contributed by atoms with Gasteiger partial charge in [-0.2, -0.15) is 0 Å². The topological polar surface area (TPSA) is 91.2 Å². The van der Waals surface area contributed by atoms with Gasteiger partial charge in [0.25, 0.3) is 0 Å². The van der Waals surface area contributed by atoms with E-state index < -0.39 is 0 Å². The van der Waals surface area contributed by atoms with Crippen molar-refractivity contribution in [3.8, 4) is 11.6 Å². The quantitative estimate of drug-likeness (QED) is 0.729. The van der Waals surface area contributed by atoms with Gasteiger partial charge in [0.15, 0.2) is 11.4 Å². The van der Waals surface area contributed by atoms with E-state index in [9.17, 15) is 0 Å². The van der Waals surface area contributed by atoms with Crippen LogP contribution in [0.5, 0.6) is 11.6 Å². The number of ether oxygens (including phenoxy) is 1. The summed E-state index contributed by atoms with van der Waals surface area (Å²) in [4.78, 5) is 0. The lowest BCUT2D eigenvalue weighted by molar-refractivity contribution is 0.449. The molecule has 0 atom stereocenters. The average molecular weight is 297 g/mol. The van der Waals surface area contributed by atoms with Crippen LogP contribution in [0.4, 0.5) is 5.69 Å². The van der Waals surface area contributed by atoms with E-state index in [1.165, 1.54) is 16.8 Å². The predicted molar refractivity (Wildman–Crippen MR) is 69.5 cm³/mol. The Morgan fingerprint density at radius 3 is 2.79 bits per heavy atom. The van der Waals surface area contributed by atoms with E-state index in [0.717, 1.165) is 0 Å². The standard InChI is InChI=1S/C10H6Cl2N6O/c11-5-3-7(13)8(4-6(5)12)19-10-2-1-9-14-16-17-18(9)15-10/h1-4H,13H2. The van der Waals surface area contributed by atoms with Crippen molar-refractivity contribution in [1.29, 1.82) is 0 Å². The molecule has 19 heavy (non-hydrogen) atoms. The number of fused-ring (bicyclic) bond motifs is 1. The zero-order valence-electron chi connectivity index (χ0n) is 9.29. The fraction of sp³-hybridized carbons (Fsp3) is 0. The van der Waals surface area contributed by atoms with Crippen LogP contribution in [0, 0.1) is 0 Å². The van der Waals surface area contributed by atoms with E-state index in [4.69, 9.17) is 33.7 Å². The summed E-state index contributed by atoms with van der Waals surface area (Å²) in [5, 5.41) is 15.6. The van der Waals surface area contributed by atoms with Crippen molar-refractivity contribution in [2.75, 3.05) is 5.73 Å². The lowest BCUT2D eigenvalue weighted by atomic mass is 10.3. The van der Waals surface area contributed by atoms with Crippen LogP contribution in [-0.2, 0) is 0 Å². The number of benzene rings is 1. The fourth-order valence-corrected chi connectivity index (χ4v) is 1.76. The molecule has 0 saturated carbocycles. The highest BCUT2D eigenvalue weighted by molar-refractivity contribution is 6.42. The molecule has 0 amide bonds. The van der Waals surface area contributed by atoms with Crippen molar-refractivity contribution >= 4 is 34.5 Å². The summed E-state index contributed by atoms with van der Waals surface area (Å²) in [6, 6.07) is 6.31. The molecule has 1 aromatic carbocycles. The van der Waals surface area contributed by atoms with E-state index in [-0.39, 0.29) is 5.88 Å². The summed E-state index contributed by atoms with van der Waals surface area (Å²) in [5.74, 6) is 0.638. The summed E-state index contributed by atoms with van der Waals surface area (Å²) in [5.41, 5.74) is 6.65. The highest BCUT2D eigenvalue weighted by Gasteiger charge is 2.09. The number of hydrogen-bond acceptors (Lipinski definition) is 6. The van der Waals surface area contributed by atoms with Gasteiger partial charge < -0.3 is 10.5 Å².